The molecule has 2 aromatic rings. The highest BCUT2D eigenvalue weighted by molar-refractivity contribution is 5.88. The molecule has 0 fully saturated rings. The van der Waals surface area contributed by atoms with Crippen LogP contribution in [0.15, 0.2) is 54.6 Å². The summed E-state index contributed by atoms with van der Waals surface area (Å²) in [7, 11) is 0. The molecule has 0 N–H and O–H groups in total. The lowest BCUT2D eigenvalue weighted by Crippen LogP contribution is -1.99. The zero-order valence-corrected chi connectivity index (χ0v) is 9.57. The molecule has 0 bridgehead atoms. The maximum Gasteiger partial charge on any atom is 0.127 e. The van der Waals surface area contributed by atoms with Gasteiger partial charge >= 0.3 is 0 Å². The molecule has 82 valence electrons. The van der Waals surface area contributed by atoms with Crippen molar-refractivity contribution >= 4 is 10.8 Å². The van der Waals surface area contributed by atoms with E-state index in [0.29, 0.717) is 6.61 Å². The van der Waals surface area contributed by atoms with E-state index in [1.165, 1.54) is 5.39 Å². The topological polar surface area (TPSA) is 9.23 Å². The fourth-order valence-corrected chi connectivity index (χ4v) is 1.60. The molecular weight excluding hydrogens is 196 g/mol. The zero-order chi connectivity index (χ0) is 11.4. The maximum atomic E-state index is 5.77. The van der Waals surface area contributed by atoms with Crippen LogP contribution in [0.25, 0.3) is 10.8 Å². The van der Waals surface area contributed by atoms with Crippen molar-refractivity contribution in [2.45, 2.75) is 13.3 Å². The van der Waals surface area contributed by atoms with Gasteiger partial charge in [0.05, 0.1) is 0 Å². The zero-order valence-electron chi connectivity index (χ0n) is 9.57. The minimum absolute atomic E-state index is 0.602. The Balaban J connectivity index is 2.27. The third-order valence-electron chi connectivity index (χ3n) is 2.68. The van der Waals surface area contributed by atoms with Crippen LogP contribution < -0.4 is 4.74 Å². The highest BCUT2D eigenvalue weighted by Gasteiger charge is 2.01. The molecule has 0 saturated heterocycles. The van der Waals surface area contributed by atoms with Crippen molar-refractivity contribution in [2.75, 3.05) is 6.61 Å². The molecule has 0 aliphatic heterocycles. The molecule has 1 heteroatoms. The Morgan fingerprint density at radius 2 is 1.88 bits per heavy atom. The lowest BCUT2D eigenvalue weighted by molar-refractivity contribution is 0.353. The Hall–Kier alpha value is -1.76. The first-order valence-electron chi connectivity index (χ1n) is 5.58. The fraction of sp³-hybridized carbons (Fsp3) is 0.200. The first kappa shape index (κ1) is 10.7. The van der Waals surface area contributed by atoms with Gasteiger partial charge in [0.15, 0.2) is 0 Å². The van der Waals surface area contributed by atoms with E-state index in [-0.39, 0.29) is 0 Å². The van der Waals surface area contributed by atoms with Crippen LogP contribution in [0.3, 0.4) is 0 Å². The van der Waals surface area contributed by atoms with E-state index >= 15 is 0 Å². The summed E-state index contributed by atoms with van der Waals surface area (Å²) in [4.78, 5) is 0. The molecule has 0 spiro atoms. The highest BCUT2D eigenvalue weighted by Crippen LogP contribution is 2.25. The van der Waals surface area contributed by atoms with Gasteiger partial charge in [0.1, 0.15) is 12.4 Å². The average molecular weight is 212 g/mol. The summed E-state index contributed by atoms with van der Waals surface area (Å²) < 4.78 is 5.77. The first-order valence-corrected chi connectivity index (χ1v) is 5.58. The van der Waals surface area contributed by atoms with Crippen molar-refractivity contribution < 1.29 is 4.74 Å². The van der Waals surface area contributed by atoms with Gasteiger partial charge in [0, 0.05) is 5.39 Å². The normalized spacial score (nSPS) is 10.3. The van der Waals surface area contributed by atoms with Crippen molar-refractivity contribution in [1.29, 1.82) is 0 Å². The highest BCUT2D eigenvalue weighted by atomic mass is 16.5. The lowest BCUT2D eigenvalue weighted by atomic mass is 10.1. The number of hydrogen-bond donors (Lipinski definition) is 0. The van der Waals surface area contributed by atoms with E-state index in [4.69, 9.17) is 4.74 Å². The summed E-state index contributed by atoms with van der Waals surface area (Å²) in [6, 6.07) is 14.4. The van der Waals surface area contributed by atoms with E-state index in [9.17, 15) is 0 Å². The second-order valence-corrected chi connectivity index (χ2v) is 3.87. The third kappa shape index (κ3) is 2.25. The molecule has 16 heavy (non-hydrogen) atoms. The Morgan fingerprint density at radius 3 is 2.69 bits per heavy atom. The average Bonchev–Trinajstić information content (AvgIpc) is 2.35. The van der Waals surface area contributed by atoms with Crippen LogP contribution in [0.5, 0.6) is 5.75 Å². The van der Waals surface area contributed by atoms with Gasteiger partial charge in [-0.15, -0.1) is 0 Å². The summed E-state index contributed by atoms with van der Waals surface area (Å²) in [6.45, 7) is 6.64. The van der Waals surface area contributed by atoms with Crippen LogP contribution in [-0.2, 0) is 0 Å². The Labute approximate surface area is 96.4 Å². The molecule has 0 atom stereocenters. The summed E-state index contributed by atoms with van der Waals surface area (Å²) in [5.41, 5.74) is 1.12. The van der Waals surface area contributed by atoms with Gasteiger partial charge in [-0.25, -0.2) is 0 Å². The van der Waals surface area contributed by atoms with Gasteiger partial charge < -0.3 is 4.74 Å². The molecule has 0 radical (unpaired) electrons. The summed E-state index contributed by atoms with van der Waals surface area (Å²) >= 11 is 0. The summed E-state index contributed by atoms with van der Waals surface area (Å²) in [5, 5.41) is 2.37. The molecule has 0 saturated carbocycles. The SMILES string of the molecule is C=C(CC)COc1cccc2ccccc12. The van der Waals surface area contributed by atoms with Gasteiger partial charge in [-0.05, 0) is 23.4 Å². The van der Waals surface area contributed by atoms with Crippen LogP contribution in [-0.4, -0.2) is 6.61 Å². The van der Waals surface area contributed by atoms with E-state index < -0.39 is 0 Å². The molecular formula is C15H16O. The molecule has 0 aliphatic carbocycles. The lowest BCUT2D eigenvalue weighted by Gasteiger charge is -2.09. The number of ether oxygens (including phenoxy) is 1. The molecule has 1 nitrogen and oxygen atoms in total. The van der Waals surface area contributed by atoms with Crippen molar-refractivity contribution in [3.8, 4) is 5.75 Å². The molecule has 0 amide bonds. The van der Waals surface area contributed by atoms with Gasteiger partial charge in [-0.2, -0.15) is 0 Å². The third-order valence-corrected chi connectivity index (χ3v) is 2.68. The van der Waals surface area contributed by atoms with Gasteiger partial charge in [0.25, 0.3) is 0 Å². The standard InChI is InChI=1S/C15H16O/c1-3-12(2)11-16-15-10-6-8-13-7-4-5-9-14(13)15/h4-10H,2-3,11H2,1H3. The van der Waals surface area contributed by atoms with Crippen molar-refractivity contribution in [3.05, 3.63) is 54.6 Å². The largest absolute Gasteiger partial charge is 0.489 e. The summed E-state index contributed by atoms with van der Waals surface area (Å²) in [5.74, 6) is 0.938. The van der Waals surface area contributed by atoms with Gasteiger partial charge in [-0.1, -0.05) is 49.9 Å². The van der Waals surface area contributed by atoms with Crippen molar-refractivity contribution in [1.82, 2.24) is 0 Å². The van der Waals surface area contributed by atoms with Crippen LogP contribution in [0, 0.1) is 0 Å². The Kier molecular flexibility index (Phi) is 3.25. The molecule has 2 rings (SSSR count). The smallest absolute Gasteiger partial charge is 0.127 e. The number of benzene rings is 2. The minimum atomic E-state index is 0.602. The predicted octanol–water partition coefficient (Wildman–Crippen LogP) is 4.18. The summed E-state index contributed by atoms with van der Waals surface area (Å²) in [6.07, 6.45) is 0.963. The number of hydrogen-bond acceptors (Lipinski definition) is 1. The van der Waals surface area contributed by atoms with Crippen LogP contribution in [0.4, 0.5) is 0 Å². The minimum Gasteiger partial charge on any atom is -0.489 e. The van der Waals surface area contributed by atoms with Crippen molar-refractivity contribution in [2.24, 2.45) is 0 Å². The first-order chi connectivity index (χ1) is 7.81. The molecule has 0 heterocycles. The van der Waals surface area contributed by atoms with Crippen molar-refractivity contribution in [3.63, 3.8) is 0 Å². The molecule has 2 aromatic carbocycles. The van der Waals surface area contributed by atoms with Gasteiger partial charge in [-0.3, -0.25) is 0 Å². The quantitative estimate of drug-likeness (QED) is 0.691. The maximum absolute atomic E-state index is 5.77. The van der Waals surface area contributed by atoms with Crippen LogP contribution in [0.2, 0.25) is 0 Å². The van der Waals surface area contributed by atoms with Gasteiger partial charge in [0.2, 0.25) is 0 Å². The Morgan fingerprint density at radius 1 is 1.12 bits per heavy atom. The molecule has 0 aliphatic rings. The van der Waals surface area contributed by atoms with Crippen LogP contribution >= 0.6 is 0 Å². The van der Waals surface area contributed by atoms with E-state index in [2.05, 4.69) is 31.7 Å². The second-order valence-electron chi connectivity index (χ2n) is 3.87. The fourth-order valence-electron chi connectivity index (χ4n) is 1.60. The number of fused-ring (bicyclic) bond motifs is 1. The Bertz CT molecular complexity index is 494. The van der Waals surface area contributed by atoms with E-state index in [0.717, 1.165) is 23.1 Å². The second kappa shape index (κ2) is 4.84. The van der Waals surface area contributed by atoms with Crippen LogP contribution in [0.1, 0.15) is 13.3 Å². The predicted molar refractivity (Wildman–Crippen MR) is 68.9 cm³/mol. The van der Waals surface area contributed by atoms with E-state index in [1.54, 1.807) is 0 Å². The number of rotatable bonds is 4. The molecule has 0 unspecified atom stereocenters. The molecule has 0 aromatic heterocycles. The van der Waals surface area contributed by atoms with E-state index in [1.807, 2.05) is 24.3 Å². The monoisotopic (exact) mass is 212 g/mol.